The molecule has 0 aliphatic carbocycles. The van der Waals surface area contributed by atoms with Crippen LogP contribution in [0.1, 0.15) is 71.2 Å². The number of rotatable bonds is 9. The normalized spacial score (nSPS) is 15.9. The Balaban J connectivity index is 1.65. The van der Waals surface area contributed by atoms with Gasteiger partial charge in [0.2, 0.25) is 0 Å². The van der Waals surface area contributed by atoms with Gasteiger partial charge in [-0.1, -0.05) is 24.3 Å². The summed E-state index contributed by atoms with van der Waals surface area (Å²) in [6.07, 6.45) is 1.84. The van der Waals surface area contributed by atoms with Gasteiger partial charge in [0.15, 0.2) is 0 Å². The summed E-state index contributed by atoms with van der Waals surface area (Å²) in [5, 5.41) is 4.90. The van der Waals surface area contributed by atoms with Crippen molar-refractivity contribution in [1.29, 1.82) is 0 Å². The molecule has 204 valence electrons. The molecule has 1 aromatic carbocycles. The molecule has 0 spiro atoms. The van der Waals surface area contributed by atoms with Crippen molar-refractivity contribution < 1.29 is 19.1 Å². The minimum absolute atomic E-state index is 0.0109. The number of nitrogens with one attached hydrogen (secondary N) is 1. The number of carbonyl (C=O) groups is 2. The van der Waals surface area contributed by atoms with Crippen LogP contribution in [0.25, 0.3) is 0 Å². The van der Waals surface area contributed by atoms with Crippen LogP contribution in [0.15, 0.2) is 35.2 Å². The molecular weight excluding hydrogens is 488 g/mol. The van der Waals surface area contributed by atoms with Crippen molar-refractivity contribution in [2.75, 3.05) is 19.6 Å². The summed E-state index contributed by atoms with van der Waals surface area (Å²) in [6, 6.07) is 8.31. The molecule has 0 saturated heterocycles. The number of benzene rings is 1. The number of hydrogen-bond acceptors (Lipinski definition) is 7. The highest BCUT2D eigenvalue weighted by atomic mass is 32.1. The van der Waals surface area contributed by atoms with Crippen LogP contribution >= 0.6 is 11.3 Å². The van der Waals surface area contributed by atoms with Gasteiger partial charge in [-0.25, -0.2) is 14.6 Å². The smallest absolute Gasteiger partial charge is 0.410 e. The van der Waals surface area contributed by atoms with Gasteiger partial charge in [0, 0.05) is 31.6 Å². The van der Waals surface area contributed by atoms with Crippen molar-refractivity contribution in [3.8, 4) is 0 Å². The van der Waals surface area contributed by atoms with Crippen LogP contribution in [0.4, 0.5) is 9.59 Å². The molecule has 3 rings (SSSR count). The zero-order valence-corrected chi connectivity index (χ0v) is 23.9. The molecule has 9 heteroatoms. The maximum atomic E-state index is 13.2. The molecule has 0 bridgehead atoms. The van der Waals surface area contributed by atoms with E-state index in [1.165, 1.54) is 11.1 Å². The van der Waals surface area contributed by atoms with Crippen molar-refractivity contribution in [1.82, 2.24) is 20.1 Å². The Morgan fingerprint density at radius 2 is 1.78 bits per heavy atom. The predicted octanol–water partition coefficient (Wildman–Crippen LogP) is 5.61. The number of alkyl carbamates (subject to hydrolysis) is 1. The quantitative estimate of drug-likeness (QED) is 0.424. The molecule has 0 saturated carbocycles. The first-order chi connectivity index (χ1) is 17.4. The Labute approximate surface area is 225 Å². The molecule has 1 aliphatic heterocycles. The lowest BCUT2D eigenvalue weighted by Gasteiger charge is -2.40. The summed E-state index contributed by atoms with van der Waals surface area (Å²) in [5.74, 6) is 0. The number of nitrogens with zero attached hydrogens (tertiary/aromatic N) is 3. The number of fused-ring (bicyclic) bond motifs is 1. The van der Waals surface area contributed by atoms with Gasteiger partial charge in [0.1, 0.15) is 11.2 Å². The van der Waals surface area contributed by atoms with E-state index in [4.69, 9.17) is 9.47 Å². The number of carbonyl (C=O) groups excluding carboxylic acids is 2. The summed E-state index contributed by atoms with van der Waals surface area (Å²) < 4.78 is 11.1. The van der Waals surface area contributed by atoms with E-state index in [-0.39, 0.29) is 18.2 Å². The second kappa shape index (κ2) is 12.7. The van der Waals surface area contributed by atoms with Gasteiger partial charge in [0.05, 0.1) is 17.2 Å². The molecule has 0 radical (unpaired) electrons. The number of aromatic nitrogens is 1. The molecule has 1 N–H and O–H groups in total. The number of unbranched alkanes of at least 4 members (excludes halogenated alkanes) is 1. The minimum atomic E-state index is -0.556. The van der Waals surface area contributed by atoms with Crippen molar-refractivity contribution in [2.45, 2.75) is 91.1 Å². The highest BCUT2D eigenvalue weighted by Crippen LogP contribution is 2.26. The average Bonchev–Trinajstić information content (AvgIpc) is 3.29. The van der Waals surface area contributed by atoms with E-state index < -0.39 is 11.2 Å². The summed E-state index contributed by atoms with van der Waals surface area (Å²) in [7, 11) is 0. The van der Waals surface area contributed by atoms with Crippen LogP contribution in [0.5, 0.6) is 0 Å². The van der Waals surface area contributed by atoms with E-state index in [9.17, 15) is 9.59 Å². The van der Waals surface area contributed by atoms with Gasteiger partial charge < -0.3 is 14.8 Å². The maximum absolute atomic E-state index is 13.2. The van der Waals surface area contributed by atoms with Gasteiger partial charge >= 0.3 is 12.2 Å². The molecule has 1 aliphatic rings. The fourth-order valence-corrected chi connectivity index (χ4v) is 4.88. The first-order valence-corrected chi connectivity index (χ1v) is 14.0. The zero-order valence-electron chi connectivity index (χ0n) is 23.1. The molecule has 2 amide bonds. The van der Waals surface area contributed by atoms with Gasteiger partial charge in [-0.2, -0.15) is 0 Å². The van der Waals surface area contributed by atoms with Crippen LogP contribution in [0.3, 0.4) is 0 Å². The number of amides is 2. The molecule has 2 heterocycles. The van der Waals surface area contributed by atoms with Gasteiger partial charge in [-0.05, 0) is 78.5 Å². The Bertz CT molecular complexity index is 1010. The van der Waals surface area contributed by atoms with Crippen LogP contribution in [-0.2, 0) is 29.0 Å². The Morgan fingerprint density at radius 3 is 2.43 bits per heavy atom. The van der Waals surface area contributed by atoms with Gasteiger partial charge in [-0.3, -0.25) is 9.80 Å². The monoisotopic (exact) mass is 530 g/mol. The SMILES string of the molecule is CC(C)(C)OC(=O)NCCCCN(Cc1cscn1)C[C@H]1Cc2ccccc2CN1C(=O)OC(C)(C)C. The second-order valence-corrected chi connectivity index (χ2v) is 12.3. The number of hydrogen-bond donors (Lipinski definition) is 1. The Kier molecular flexibility index (Phi) is 9.95. The molecule has 1 aromatic heterocycles. The lowest BCUT2D eigenvalue weighted by Crippen LogP contribution is -2.51. The summed E-state index contributed by atoms with van der Waals surface area (Å²) in [4.78, 5) is 33.9. The van der Waals surface area contributed by atoms with E-state index in [0.29, 0.717) is 26.2 Å². The standard InChI is InChI=1S/C28H42N4O4S/c1-27(2,3)35-25(33)29-13-9-10-14-31(17-23-19-37-20-30-23)18-24-15-21-11-7-8-12-22(21)16-32(24)26(34)36-28(4,5)6/h7-8,11-12,19-20,24H,9-10,13-18H2,1-6H3,(H,29,33)/t24-/m1/s1. The third-order valence-electron chi connectivity index (χ3n) is 5.89. The molecular formula is C28H42N4O4S. The van der Waals surface area contributed by atoms with Crippen molar-refractivity contribution in [3.63, 3.8) is 0 Å². The molecule has 37 heavy (non-hydrogen) atoms. The van der Waals surface area contributed by atoms with E-state index in [0.717, 1.165) is 31.5 Å². The first-order valence-electron chi connectivity index (χ1n) is 13.0. The Hall–Kier alpha value is -2.65. The number of thiazole rings is 1. The summed E-state index contributed by atoms with van der Waals surface area (Å²) in [6.45, 7) is 14.6. The highest BCUT2D eigenvalue weighted by Gasteiger charge is 2.34. The van der Waals surface area contributed by atoms with E-state index >= 15 is 0 Å². The van der Waals surface area contributed by atoms with E-state index in [1.54, 1.807) is 11.3 Å². The first kappa shape index (κ1) is 28.9. The van der Waals surface area contributed by atoms with Crippen LogP contribution in [-0.4, -0.2) is 63.8 Å². The largest absolute Gasteiger partial charge is 0.444 e. The molecule has 0 fully saturated rings. The second-order valence-electron chi connectivity index (χ2n) is 11.6. The van der Waals surface area contributed by atoms with Crippen LogP contribution in [0, 0.1) is 0 Å². The topological polar surface area (TPSA) is 84.0 Å². The van der Waals surface area contributed by atoms with Gasteiger partial charge in [0.25, 0.3) is 0 Å². The summed E-state index contributed by atoms with van der Waals surface area (Å²) >= 11 is 1.59. The van der Waals surface area contributed by atoms with Crippen molar-refractivity contribution in [3.05, 3.63) is 52.0 Å². The molecule has 0 unspecified atom stereocenters. The third kappa shape index (κ3) is 9.97. The van der Waals surface area contributed by atoms with Crippen molar-refractivity contribution >= 4 is 23.5 Å². The molecule has 8 nitrogen and oxygen atoms in total. The average molecular weight is 531 g/mol. The lowest BCUT2D eigenvalue weighted by molar-refractivity contribution is 0.00709. The van der Waals surface area contributed by atoms with E-state index in [2.05, 4.69) is 38.8 Å². The third-order valence-corrected chi connectivity index (χ3v) is 6.53. The zero-order chi connectivity index (χ0) is 27.1. The number of ether oxygens (including phenoxy) is 2. The molecule has 1 atom stereocenters. The van der Waals surface area contributed by atoms with Gasteiger partial charge in [-0.15, -0.1) is 11.3 Å². The van der Waals surface area contributed by atoms with Crippen LogP contribution in [0.2, 0.25) is 0 Å². The fraction of sp³-hybridized carbons (Fsp3) is 0.607. The lowest BCUT2D eigenvalue weighted by atomic mass is 9.94. The van der Waals surface area contributed by atoms with Crippen LogP contribution < -0.4 is 5.32 Å². The van der Waals surface area contributed by atoms with E-state index in [1.807, 2.05) is 58.0 Å². The minimum Gasteiger partial charge on any atom is -0.444 e. The maximum Gasteiger partial charge on any atom is 0.410 e. The highest BCUT2D eigenvalue weighted by molar-refractivity contribution is 7.07. The summed E-state index contributed by atoms with van der Waals surface area (Å²) in [5.41, 5.74) is 4.26. The fourth-order valence-electron chi connectivity index (χ4n) is 4.33. The predicted molar refractivity (Wildman–Crippen MR) is 147 cm³/mol. The van der Waals surface area contributed by atoms with Crippen molar-refractivity contribution in [2.24, 2.45) is 0 Å². The molecule has 2 aromatic rings. The Morgan fingerprint density at radius 1 is 1.08 bits per heavy atom.